The number of primary amides is 1. The predicted molar refractivity (Wildman–Crippen MR) is 114 cm³/mol. The molecule has 0 bridgehead atoms. The summed E-state index contributed by atoms with van der Waals surface area (Å²) >= 11 is 0. The molecular formula is C25H24N2O2. The van der Waals surface area contributed by atoms with Crippen LogP contribution in [0, 0.1) is 5.92 Å². The Morgan fingerprint density at radius 3 is 2.07 bits per heavy atom. The van der Waals surface area contributed by atoms with E-state index < -0.39 is 11.9 Å². The van der Waals surface area contributed by atoms with Crippen molar-refractivity contribution in [2.45, 2.75) is 25.4 Å². The number of benzene rings is 3. The maximum atomic E-state index is 13.7. The Morgan fingerprint density at radius 2 is 1.45 bits per heavy atom. The van der Waals surface area contributed by atoms with Crippen LogP contribution in [-0.2, 0) is 11.3 Å². The molecular weight excluding hydrogens is 360 g/mol. The fourth-order valence-corrected chi connectivity index (χ4v) is 3.82. The van der Waals surface area contributed by atoms with Crippen LogP contribution in [0.2, 0.25) is 0 Å². The van der Waals surface area contributed by atoms with Gasteiger partial charge < -0.3 is 10.6 Å². The minimum atomic E-state index is -0.591. The molecule has 1 atom stereocenters. The molecule has 3 aromatic rings. The molecule has 1 unspecified atom stereocenters. The predicted octanol–water partition coefficient (Wildman–Crippen LogP) is 4.26. The molecule has 3 aromatic carbocycles. The van der Waals surface area contributed by atoms with E-state index in [9.17, 15) is 9.59 Å². The van der Waals surface area contributed by atoms with Crippen LogP contribution in [0.1, 0.15) is 28.8 Å². The van der Waals surface area contributed by atoms with Crippen molar-refractivity contribution in [3.05, 3.63) is 96.1 Å². The molecule has 1 aliphatic rings. The zero-order chi connectivity index (χ0) is 20.2. The van der Waals surface area contributed by atoms with Gasteiger partial charge in [0.1, 0.15) is 6.04 Å². The molecule has 4 rings (SSSR count). The average Bonchev–Trinajstić information content (AvgIpc) is 3.59. The first-order valence-corrected chi connectivity index (χ1v) is 9.94. The first-order valence-electron chi connectivity index (χ1n) is 9.94. The summed E-state index contributed by atoms with van der Waals surface area (Å²) in [5, 5.41) is 0. The van der Waals surface area contributed by atoms with E-state index in [2.05, 4.69) is 0 Å². The highest BCUT2D eigenvalue weighted by Gasteiger charge is 2.41. The number of rotatable bonds is 7. The van der Waals surface area contributed by atoms with Crippen LogP contribution in [0.15, 0.2) is 84.9 Å². The van der Waals surface area contributed by atoms with Gasteiger partial charge in [0.2, 0.25) is 5.91 Å². The summed E-state index contributed by atoms with van der Waals surface area (Å²) in [6.45, 7) is 0.354. The van der Waals surface area contributed by atoms with Crippen molar-refractivity contribution in [1.82, 2.24) is 4.90 Å². The Morgan fingerprint density at radius 1 is 0.862 bits per heavy atom. The quantitative estimate of drug-likeness (QED) is 0.661. The molecule has 4 heteroatoms. The third-order valence-corrected chi connectivity index (χ3v) is 5.39. The van der Waals surface area contributed by atoms with Gasteiger partial charge in [0.05, 0.1) is 0 Å². The Labute approximate surface area is 171 Å². The molecule has 4 nitrogen and oxygen atoms in total. The number of amides is 2. The van der Waals surface area contributed by atoms with Crippen molar-refractivity contribution < 1.29 is 9.59 Å². The van der Waals surface area contributed by atoms with Crippen molar-refractivity contribution in [1.29, 1.82) is 0 Å². The van der Waals surface area contributed by atoms with Gasteiger partial charge in [-0.25, -0.2) is 0 Å². The lowest BCUT2D eigenvalue weighted by Gasteiger charge is -2.31. The molecule has 1 aliphatic carbocycles. The van der Waals surface area contributed by atoms with Gasteiger partial charge in [-0.1, -0.05) is 78.9 Å². The van der Waals surface area contributed by atoms with Crippen LogP contribution >= 0.6 is 0 Å². The lowest BCUT2D eigenvalue weighted by molar-refractivity contribution is -0.123. The van der Waals surface area contributed by atoms with E-state index in [0.29, 0.717) is 12.1 Å². The highest BCUT2D eigenvalue weighted by Crippen LogP contribution is 2.37. The molecule has 29 heavy (non-hydrogen) atoms. The van der Waals surface area contributed by atoms with Gasteiger partial charge in [-0.05, 0) is 41.5 Å². The fraction of sp³-hybridized carbons (Fsp3) is 0.200. The number of hydrogen-bond acceptors (Lipinski definition) is 2. The molecule has 146 valence electrons. The molecule has 2 N–H and O–H groups in total. The molecule has 0 aromatic heterocycles. The maximum Gasteiger partial charge on any atom is 0.255 e. The topological polar surface area (TPSA) is 63.4 Å². The van der Waals surface area contributed by atoms with Crippen molar-refractivity contribution in [2.24, 2.45) is 11.7 Å². The van der Waals surface area contributed by atoms with E-state index in [-0.39, 0.29) is 11.8 Å². The zero-order valence-corrected chi connectivity index (χ0v) is 16.2. The molecule has 2 amide bonds. The van der Waals surface area contributed by atoms with E-state index in [0.717, 1.165) is 29.5 Å². The number of carbonyl (C=O) groups is 2. The summed E-state index contributed by atoms with van der Waals surface area (Å²) in [6, 6.07) is 26.5. The van der Waals surface area contributed by atoms with Crippen LogP contribution in [-0.4, -0.2) is 22.8 Å². The molecule has 0 radical (unpaired) electrons. The SMILES string of the molecule is NC(=O)C(C1CC1)N(Cc1ccccc1)C(=O)c1ccccc1-c1ccccc1. The summed E-state index contributed by atoms with van der Waals surface area (Å²) in [5.41, 5.74) is 9.15. The number of nitrogens with zero attached hydrogens (tertiary/aromatic N) is 1. The molecule has 1 fully saturated rings. The third kappa shape index (κ3) is 4.21. The highest BCUT2D eigenvalue weighted by atomic mass is 16.2. The van der Waals surface area contributed by atoms with Gasteiger partial charge in [-0.15, -0.1) is 0 Å². The first-order chi connectivity index (χ1) is 14.1. The number of carbonyl (C=O) groups excluding carboxylic acids is 2. The molecule has 1 saturated carbocycles. The van der Waals surface area contributed by atoms with Gasteiger partial charge in [0.15, 0.2) is 0 Å². The van der Waals surface area contributed by atoms with E-state index in [1.807, 2.05) is 84.9 Å². The van der Waals surface area contributed by atoms with E-state index in [4.69, 9.17) is 5.73 Å². The lowest BCUT2D eigenvalue weighted by Crippen LogP contribution is -2.49. The normalized spacial score (nSPS) is 14.2. The Hall–Kier alpha value is -3.40. The van der Waals surface area contributed by atoms with Crippen molar-refractivity contribution in [3.63, 3.8) is 0 Å². The minimum absolute atomic E-state index is 0.143. The van der Waals surface area contributed by atoms with Gasteiger partial charge >= 0.3 is 0 Å². The van der Waals surface area contributed by atoms with Crippen LogP contribution < -0.4 is 5.73 Å². The summed E-state index contributed by atoms with van der Waals surface area (Å²) in [6.07, 6.45) is 1.85. The largest absolute Gasteiger partial charge is 0.368 e. The molecule has 0 heterocycles. The lowest BCUT2D eigenvalue weighted by atomic mass is 9.97. The van der Waals surface area contributed by atoms with Crippen LogP contribution in [0.5, 0.6) is 0 Å². The number of hydrogen-bond donors (Lipinski definition) is 1. The minimum Gasteiger partial charge on any atom is -0.368 e. The van der Waals surface area contributed by atoms with Crippen LogP contribution in [0.25, 0.3) is 11.1 Å². The Balaban J connectivity index is 1.75. The molecule has 0 aliphatic heterocycles. The Kier molecular flexibility index (Phi) is 5.43. The average molecular weight is 384 g/mol. The summed E-state index contributed by atoms with van der Waals surface area (Å²) in [4.78, 5) is 27.7. The van der Waals surface area contributed by atoms with Crippen molar-refractivity contribution in [2.75, 3.05) is 0 Å². The fourth-order valence-electron chi connectivity index (χ4n) is 3.82. The van der Waals surface area contributed by atoms with E-state index >= 15 is 0 Å². The maximum absolute atomic E-state index is 13.7. The van der Waals surface area contributed by atoms with E-state index in [1.165, 1.54) is 0 Å². The smallest absolute Gasteiger partial charge is 0.255 e. The number of nitrogens with two attached hydrogens (primary N) is 1. The molecule has 0 saturated heterocycles. The second kappa shape index (κ2) is 8.31. The van der Waals surface area contributed by atoms with Gasteiger partial charge in [0, 0.05) is 12.1 Å². The summed E-state index contributed by atoms with van der Waals surface area (Å²) in [5.74, 6) is -0.456. The second-order valence-electron chi connectivity index (χ2n) is 7.51. The standard InChI is InChI=1S/C25H24N2O2/c26-24(28)23(20-15-16-20)27(17-18-9-3-1-4-10-18)25(29)22-14-8-7-13-21(22)19-11-5-2-6-12-19/h1-14,20,23H,15-17H2,(H2,26,28). The Bertz CT molecular complexity index is 998. The first kappa shape index (κ1) is 18.9. The van der Waals surface area contributed by atoms with Crippen molar-refractivity contribution >= 4 is 11.8 Å². The third-order valence-electron chi connectivity index (χ3n) is 5.39. The zero-order valence-electron chi connectivity index (χ0n) is 16.2. The van der Waals surface area contributed by atoms with Gasteiger partial charge in [0.25, 0.3) is 5.91 Å². The van der Waals surface area contributed by atoms with Crippen LogP contribution in [0.4, 0.5) is 0 Å². The highest BCUT2D eigenvalue weighted by molar-refractivity contribution is 6.02. The van der Waals surface area contributed by atoms with Gasteiger partial charge in [-0.2, -0.15) is 0 Å². The summed E-state index contributed by atoms with van der Waals surface area (Å²) in [7, 11) is 0. The monoisotopic (exact) mass is 384 g/mol. The van der Waals surface area contributed by atoms with Gasteiger partial charge in [-0.3, -0.25) is 9.59 Å². The molecule has 0 spiro atoms. The van der Waals surface area contributed by atoms with Crippen molar-refractivity contribution in [3.8, 4) is 11.1 Å². The van der Waals surface area contributed by atoms with E-state index in [1.54, 1.807) is 4.90 Å². The van der Waals surface area contributed by atoms with Crippen LogP contribution in [0.3, 0.4) is 0 Å². The summed E-state index contributed by atoms with van der Waals surface area (Å²) < 4.78 is 0. The second-order valence-corrected chi connectivity index (χ2v) is 7.51.